The van der Waals surface area contributed by atoms with Crippen molar-refractivity contribution in [1.29, 1.82) is 0 Å². The predicted octanol–water partition coefficient (Wildman–Crippen LogP) is 4.03. The fourth-order valence-electron chi connectivity index (χ4n) is 2.71. The standard InChI is InChI=1S/C16H17ClO/c17-16-8-9-18-11-14(16)10-13-6-3-5-12-4-1-2-7-15(12)13/h1-7,14,16H,8-11H2. The molecule has 0 saturated carbocycles. The second-order valence-corrected chi connectivity index (χ2v) is 5.54. The lowest BCUT2D eigenvalue weighted by molar-refractivity contribution is 0.0579. The molecule has 1 aliphatic rings. The molecule has 94 valence electrons. The Balaban J connectivity index is 1.90. The van der Waals surface area contributed by atoms with Crippen molar-refractivity contribution >= 4 is 22.4 Å². The monoisotopic (exact) mass is 260 g/mol. The predicted molar refractivity (Wildman–Crippen MR) is 76.2 cm³/mol. The molecule has 2 atom stereocenters. The molecule has 1 heterocycles. The molecule has 3 rings (SSSR count). The van der Waals surface area contributed by atoms with Crippen molar-refractivity contribution in [2.24, 2.45) is 5.92 Å². The minimum Gasteiger partial charge on any atom is -0.381 e. The molecule has 0 aromatic heterocycles. The highest BCUT2D eigenvalue weighted by Gasteiger charge is 2.24. The van der Waals surface area contributed by atoms with Crippen LogP contribution in [0.2, 0.25) is 0 Å². The van der Waals surface area contributed by atoms with Crippen LogP contribution in [0.3, 0.4) is 0 Å². The number of rotatable bonds is 2. The third kappa shape index (κ3) is 2.38. The first-order valence-corrected chi connectivity index (χ1v) is 6.97. The lowest BCUT2D eigenvalue weighted by Crippen LogP contribution is -2.29. The molecule has 0 radical (unpaired) electrons. The van der Waals surface area contributed by atoms with Crippen LogP contribution >= 0.6 is 11.6 Å². The van der Waals surface area contributed by atoms with E-state index < -0.39 is 0 Å². The fourth-order valence-corrected chi connectivity index (χ4v) is 2.96. The molecule has 1 fully saturated rings. The van der Waals surface area contributed by atoms with Crippen LogP contribution in [0.5, 0.6) is 0 Å². The first kappa shape index (κ1) is 12.0. The maximum Gasteiger partial charge on any atom is 0.0511 e. The number of alkyl halides is 1. The van der Waals surface area contributed by atoms with Gasteiger partial charge < -0.3 is 4.74 Å². The molecule has 2 heteroatoms. The summed E-state index contributed by atoms with van der Waals surface area (Å²) in [6.45, 7) is 1.59. The average Bonchev–Trinajstić information content (AvgIpc) is 2.42. The number of ether oxygens (including phenoxy) is 1. The maximum absolute atomic E-state index is 6.40. The van der Waals surface area contributed by atoms with Crippen LogP contribution < -0.4 is 0 Å². The van der Waals surface area contributed by atoms with Crippen LogP contribution in [0.25, 0.3) is 10.8 Å². The second-order valence-electron chi connectivity index (χ2n) is 4.98. The minimum atomic E-state index is 0.248. The van der Waals surface area contributed by atoms with Gasteiger partial charge in [0.2, 0.25) is 0 Å². The maximum atomic E-state index is 6.40. The Morgan fingerprint density at radius 3 is 2.83 bits per heavy atom. The largest absolute Gasteiger partial charge is 0.381 e. The van der Waals surface area contributed by atoms with Crippen molar-refractivity contribution in [1.82, 2.24) is 0 Å². The third-order valence-corrected chi connectivity index (χ3v) is 4.32. The number of benzene rings is 2. The molecule has 0 aliphatic carbocycles. The van der Waals surface area contributed by atoms with Crippen LogP contribution in [0, 0.1) is 5.92 Å². The van der Waals surface area contributed by atoms with E-state index >= 15 is 0 Å². The molecule has 18 heavy (non-hydrogen) atoms. The summed E-state index contributed by atoms with van der Waals surface area (Å²) in [6, 6.07) is 15.0. The molecule has 1 saturated heterocycles. The molecular formula is C16H17ClO. The number of halogens is 1. The molecule has 0 bridgehead atoms. The molecule has 0 N–H and O–H groups in total. The Kier molecular flexibility index (Phi) is 3.53. The molecule has 2 unspecified atom stereocenters. The summed E-state index contributed by atoms with van der Waals surface area (Å²) in [6.07, 6.45) is 1.98. The highest BCUT2D eigenvalue weighted by Crippen LogP contribution is 2.27. The van der Waals surface area contributed by atoms with Gasteiger partial charge in [-0.3, -0.25) is 0 Å². The Morgan fingerprint density at radius 1 is 1.11 bits per heavy atom. The zero-order valence-corrected chi connectivity index (χ0v) is 11.1. The lowest BCUT2D eigenvalue weighted by Gasteiger charge is -2.27. The van der Waals surface area contributed by atoms with Crippen LogP contribution in [-0.2, 0) is 11.2 Å². The van der Waals surface area contributed by atoms with Gasteiger partial charge in [0.15, 0.2) is 0 Å². The molecule has 0 spiro atoms. The summed E-state index contributed by atoms with van der Waals surface area (Å²) in [4.78, 5) is 0. The summed E-state index contributed by atoms with van der Waals surface area (Å²) in [7, 11) is 0. The van der Waals surface area contributed by atoms with Crippen molar-refractivity contribution in [3.8, 4) is 0 Å². The average molecular weight is 261 g/mol. The van der Waals surface area contributed by atoms with Gasteiger partial charge in [-0.15, -0.1) is 11.6 Å². The van der Waals surface area contributed by atoms with E-state index in [1.165, 1.54) is 16.3 Å². The highest BCUT2D eigenvalue weighted by atomic mass is 35.5. The van der Waals surface area contributed by atoms with E-state index in [9.17, 15) is 0 Å². The van der Waals surface area contributed by atoms with E-state index in [0.717, 1.165) is 26.1 Å². The van der Waals surface area contributed by atoms with Crippen molar-refractivity contribution in [3.05, 3.63) is 48.0 Å². The van der Waals surface area contributed by atoms with Crippen LogP contribution in [-0.4, -0.2) is 18.6 Å². The van der Waals surface area contributed by atoms with Crippen molar-refractivity contribution in [2.45, 2.75) is 18.2 Å². The van der Waals surface area contributed by atoms with Crippen LogP contribution in [0.4, 0.5) is 0 Å². The SMILES string of the molecule is ClC1CCOCC1Cc1cccc2ccccc12. The van der Waals surface area contributed by atoms with Gasteiger partial charge in [0.1, 0.15) is 0 Å². The summed E-state index contributed by atoms with van der Waals surface area (Å²) in [5, 5.41) is 2.89. The van der Waals surface area contributed by atoms with Gasteiger partial charge in [0.05, 0.1) is 6.61 Å². The lowest BCUT2D eigenvalue weighted by atomic mass is 9.91. The van der Waals surface area contributed by atoms with E-state index in [1.54, 1.807) is 0 Å². The Bertz CT molecular complexity index is 532. The van der Waals surface area contributed by atoms with Crippen molar-refractivity contribution < 1.29 is 4.74 Å². The van der Waals surface area contributed by atoms with Gasteiger partial charge in [-0.1, -0.05) is 42.5 Å². The van der Waals surface area contributed by atoms with Gasteiger partial charge in [0.25, 0.3) is 0 Å². The Morgan fingerprint density at radius 2 is 1.94 bits per heavy atom. The molecule has 2 aromatic carbocycles. The van der Waals surface area contributed by atoms with Gasteiger partial charge in [-0.25, -0.2) is 0 Å². The third-order valence-electron chi connectivity index (χ3n) is 3.74. The molecule has 1 nitrogen and oxygen atoms in total. The number of fused-ring (bicyclic) bond motifs is 1. The number of hydrogen-bond donors (Lipinski definition) is 0. The van der Waals surface area contributed by atoms with Crippen LogP contribution in [0.15, 0.2) is 42.5 Å². The van der Waals surface area contributed by atoms with E-state index in [2.05, 4.69) is 42.5 Å². The molecule has 1 aliphatic heterocycles. The summed E-state index contributed by atoms with van der Waals surface area (Å²) < 4.78 is 5.55. The minimum absolute atomic E-state index is 0.248. The highest BCUT2D eigenvalue weighted by molar-refractivity contribution is 6.20. The van der Waals surface area contributed by atoms with Gasteiger partial charge >= 0.3 is 0 Å². The number of hydrogen-bond acceptors (Lipinski definition) is 1. The van der Waals surface area contributed by atoms with Crippen molar-refractivity contribution in [3.63, 3.8) is 0 Å². The molecule has 0 amide bonds. The first-order chi connectivity index (χ1) is 8.84. The van der Waals surface area contributed by atoms with E-state index in [4.69, 9.17) is 16.3 Å². The van der Waals surface area contributed by atoms with Gasteiger partial charge in [-0.2, -0.15) is 0 Å². The zero-order valence-electron chi connectivity index (χ0n) is 10.3. The van der Waals surface area contributed by atoms with Gasteiger partial charge in [-0.05, 0) is 29.2 Å². The Labute approximate surface area is 113 Å². The van der Waals surface area contributed by atoms with E-state index in [-0.39, 0.29) is 5.38 Å². The molecular weight excluding hydrogens is 244 g/mol. The summed E-state index contributed by atoms with van der Waals surface area (Å²) in [5.74, 6) is 0.436. The smallest absolute Gasteiger partial charge is 0.0511 e. The topological polar surface area (TPSA) is 9.23 Å². The molecule has 2 aromatic rings. The second kappa shape index (κ2) is 5.29. The van der Waals surface area contributed by atoms with Gasteiger partial charge in [0, 0.05) is 17.9 Å². The van der Waals surface area contributed by atoms with Crippen molar-refractivity contribution in [2.75, 3.05) is 13.2 Å². The summed E-state index contributed by atoms with van der Waals surface area (Å²) in [5.41, 5.74) is 1.38. The zero-order chi connectivity index (χ0) is 12.4. The normalized spacial score (nSPS) is 24.3. The van der Waals surface area contributed by atoms with E-state index in [0.29, 0.717) is 5.92 Å². The Hall–Kier alpha value is -1.05. The quantitative estimate of drug-likeness (QED) is 0.741. The van der Waals surface area contributed by atoms with Crippen LogP contribution in [0.1, 0.15) is 12.0 Å². The fraction of sp³-hybridized carbons (Fsp3) is 0.375. The van der Waals surface area contributed by atoms with E-state index in [1.807, 2.05) is 0 Å². The summed E-state index contributed by atoms with van der Waals surface area (Å²) >= 11 is 6.40. The first-order valence-electron chi connectivity index (χ1n) is 6.53.